The van der Waals surface area contributed by atoms with Crippen LogP contribution in [0, 0.1) is 6.92 Å². The molecule has 0 saturated heterocycles. The maximum absolute atomic E-state index is 12.5. The third-order valence-corrected chi connectivity index (χ3v) is 3.26. The smallest absolute Gasteiger partial charge is 0.259 e. The zero-order chi connectivity index (χ0) is 16.1. The lowest BCUT2D eigenvalue weighted by Crippen LogP contribution is -2.13. The van der Waals surface area contributed by atoms with Crippen molar-refractivity contribution in [1.29, 1.82) is 0 Å². The van der Waals surface area contributed by atoms with Gasteiger partial charge in [0.1, 0.15) is 5.75 Å². The van der Waals surface area contributed by atoms with Crippen LogP contribution in [0.15, 0.2) is 36.4 Å². The van der Waals surface area contributed by atoms with Crippen LogP contribution in [-0.2, 0) is 0 Å². The van der Waals surface area contributed by atoms with Gasteiger partial charge in [-0.1, -0.05) is 17.7 Å². The highest BCUT2D eigenvalue weighted by molar-refractivity contribution is 6.06. The van der Waals surface area contributed by atoms with Gasteiger partial charge >= 0.3 is 0 Å². The first-order valence-electron chi connectivity index (χ1n) is 6.77. The summed E-state index contributed by atoms with van der Waals surface area (Å²) >= 11 is 0. The second-order valence-electron chi connectivity index (χ2n) is 4.73. The van der Waals surface area contributed by atoms with Gasteiger partial charge in [-0.15, -0.1) is 0 Å². The van der Waals surface area contributed by atoms with Crippen molar-refractivity contribution in [2.24, 2.45) is 0 Å². The molecule has 0 fully saturated rings. The first-order chi connectivity index (χ1) is 10.6. The van der Waals surface area contributed by atoms with Gasteiger partial charge in [-0.25, -0.2) is 0 Å². The van der Waals surface area contributed by atoms with Crippen LogP contribution in [0.5, 0.6) is 17.2 Å². The van der Waals surface area contributed by atoms with Crippen molar-refractivity contribution in [3.63, 3.8) is 0 Å². The van der Waals surface area contributed by atoms with E-state index in [2.05, 4.69) is 5.32 Å². The number of rotatable bonds is 5. The van der Waals surface area contributed by atoms with Crippen LogP contribution < -0.4 is 19.5 Å². The Bertz CT molecular complexity index is 665. The number of anilines is 1. The first kappa shape index (κ1) is 15.7. The molecule has 0 atom stereocenters. The molecule has 116 valence electrons. The van der Waals surface area contributed by atoms with E-state index in [4.69, 9.17) is 14.2 Å². The normalized spacial score (nSPS) is 10.0. The molecule has 2 aromatic rings. The Morgan fingerprint density at radius 1 is 0.864 bits per heavy atom. The highest BCUT2D eigenvalue weighted by atomic mass is 16.5. The minimum atomic E-state index is -0.276. The number of nitrogens with one attached hydrogen (secondary N) is 1. The summed E-state index contributed by atoms with van der Waals surface area (Å²) < 4.78 is 15.7. The number of amides is 1. The van der Waals surface area contributed by atoms with E-state index in [1.807, 2.05) is 31.2 Å². The van der Waals surface area contributed by atoms with Gasteiger partial charge in [0.05, 0.1) is 26.9 Å². The number of methoxy groups -OCH3 is 3. The number of hydrogen-bond donors (Lipinski definition) is 1. The molecule has 22 heavy (non-hydrogen) atoms. The number of ether oxygens (including phenoxy) is 3. The van der Waals surface area contributed by atoms with E-state index >= 15 is 0 Å². The predicted molar refractivity (Wildman–Crippen MR) is 85.2 cm³/mol. The van der Waals surface area contributed by atoms with Crippen LogP contribution in [0.25, 0.3) is 0 Å². The molecule has 5 nitrogen and oxygen atoms in total. The van der Waals surface area contributed by atoms with Crippen molar-refractivity contribution in [2.75, 3.05) is 26.6 Å². The van der Waals surface area contributed by atoms with Crippen molar-refractivity contribution in [1.82, 2.24) is 0 Å². The molecule has 0 aliphatic heterocycles. The summed E-state index contributed by atoms with van der Waals surface area (Å²) in [7, 11) is 4.55. The molecule has 0 aromatic heterocycles. The fraction of sp³-hybridized carbons (Fsp3) is 0.235. The van der Waals surface area contributed by atoms with Gasteiger partial charge in [0, 0.05) is 17.8 Å². The third kappa shape index (κ3) is 3.31. The Balaban J connectivity index is 2.33. The zero-order valence-electron chi connectivity index (χ0n) is 13.1. The van der Waals surface area contributed by atoms with Crippen LogP contribution in [0.3, 0.4) is 0 Å². The molecule has 1 N–H and O–H groups in total. The molecule has 0 heterocycles. The van der Waals surface area contributed by atoms with Gasteiger partial charge < -0.3 is 19.5 Å². The van der Waals surface area contributed by atoms with Gasteiger partial charge in [0.2, 0.25) is 0 Å². The summed E-state index contributed by atoms with van der Waals surface area (Å²) in [6.07, 6.45) is 0. The van der Waals surface area contributed by atoms with Crippen molar-refractivity contribution >= 4 is 11.6 Å². The quantitative estimate of drug-likeness (QED) is 0.921. The van der Waals surface area contributed by atoms with Crippen molar-refractivity contribution < 1.29 is 19.0 Å². The summed E-state index contributed by atoms with van der Waals surface area (Å²) in [5.41, 5.74) is 2.22. The molecular weight excluding hydrogens is 282 g/mol. The summed E-state index contributed by atoms with van der Waals surface area (Å²) in [6.45, 7) is 1.99. The third-order valence-electron chi connectivity index (χ3n) is 3.26. The molecule has 0 aliphatic carbocycles. The summed E-state index contributed by atoms with van der Waals surface area (Å²) in [5, 5.41) is 2.83. The Morgan fingerprint density at radius 2 is 1.41 bits per heavy atom. The molecule has 1 amide bonds. The SMILES string of the molecule is COc1cc(OC)c(C(=O)Nc2ccc(C)cc2)cc1OC. The molecule has 2 rings (SSSR count). The number of carbonyl (C=O) groups excluding carboxylic acids is 1. The maximum Gasteiger partial charge on any atom is 0.259 e. The Hall–Kier alpha value is -2.69. The van der Waals surface area contributed by atoms with Gasteiger partial charge in [-0.05, 0) is 19.1 Å². The molecule has 0 radical (unpaired) electrons. The molecule has 0 saturated carbocycles. The van der Waals surface area contributed by atoms with Crippen LogP contribution in [0.4, 0.5) is 5.69 Å². The van der Waals surface area contributed by atoms with Crippen LogP contribution in [0.2, 0.25) is 0 Å². The highest BCUT2D eigenvalue weighted by Crippen LogP contribution is 2.34. The van der Waals surface area contributed by atoms with Crippen LogP contribution >= 0.6 is 0 Å². The monoisotopic (exact) mass is 301 g/mol. The lowest BCUT2D eigenvalue weighted by molar-refractivity contribution is 0.102. The highest BCUT2D eigenvalue weighted by Gasteiger charge is 2.17. The van der Waals surface area contributed by atoms with Gasteiger partial charge in [-0.3, -0.25) is 4.79 Å². The van der Waals surface area contributed by atoms with Gasteiger partial charge in [-0.2, -0.15) is 0 Å². The Labute approximate surface area is 129 Å². The number of carbonyl (C=O) groups is 1. The predicted octanol–water partition coefficient (Wildman–Crippen LogP) is 3.27. The molecule has 2 aromatic carbocycles. The van der Waals surface area contributed by atoms with E-state index in [0.717, 1.165) is 5.56 Å². The largest absolute Gasteiger partial charge is 0.496 e. The van der Waals surface area contributed by atoms with Crippen molar-refractivity contribution in [2.45, 2.75) is 6.92 Å². The topological polar surface area (TPSA) is 56.8 Å². The van der Waals surface area contributed by atoms with E-state index < -0.39 is 0 Å². The molecule has 0 aliphatic rings. The molecule has 0 spiro atoms. The van der Waals surface area contributed by atoms with E-state index in [1.54, 1.807) is 12.1 Å². The standard InChI is InChI=1S/C17H19NO4/c1-11-5-7-12(8-6-11)18-17(19)13-9-15(21-3)16(22-4)10-14(13)20-2/h5-10H,1-4H3,(H,18,19). The van der Waals surface area contributed by atoms with Crippen molar-refractivity contribution in [3.05, 3.63) is 47.5 Å². The summed E-state index contributed by atoms with van der Waals surface area (Å²) in [6, 6.07) is 10.8. The lowest BCUT2D eigenvalue weighted by atomic mass is 10.1. The van der Waals surface area contributed by atoms with Gasteiger partial charge in [0.15, 0.2) is 11.5 Å². The van der Waals surface area contributed by atoms with Crippen LogP contribution in [0.1, 0.15) is 15.9 Å². The van der Waals surface area contributed by atoms with E-state index in [9.17, 15) is 4.79 Å². The number of hydrogen-bond acceptors (Lipinski definition) is 4. The Kier molecular flexibility index (Phi) is 4.88. The maximum atomic E-state index is 12.5. The van der Waals surface area contributed by atoms with Crippen LogP contribution in [-0.4, -0.2) is 27.2 Å². The van der Waals surface area contributed by atoms with E-state index in [0.29, 0.717) is 28.5 Å². The van der Waals surface area contributed by atoms with Crippen molar-refractivity contribution in [3.8, 4) is 17.2 Å². The minimum Gasteiger partial charge on any atom is -0.496 e. The Morgan fingerprint density at radius 3 is 1.95 bits per heavy atom. The van der Waals surface area contributed by atoms with E-state index in [-0.39, 0.29) is 5.91 Å². The summed E-state index contributed by atoms with van der Waals surface area (Å²) in [5.74, 6) is 1.12. The second kappa shape index (κ2) is 6.85. The first-order valence-corrected chi connectivity index (χ1v) is 6.77. The lowest BCUT2D eigenvalue weighted by Gasteiger charge is -2.14. The number of aryl methyl sites for hydroxylation is 1. The average molecular weight is 301 g/mol. The average Bonchev–Trinajstić information content (AvgIpc) is 2.55. The molecule has 5 heteroatoms. The summed E-state index contributed by atoms with van der Waals surface area (Å²) in [4.78, 5) is 12.5. The van der Waals surface area contributed by atoms with E-state index in [1.165, 1.54) is 21.3 Å². The zero-order valence-corrected chi connectivity index (χ0v) is 13.1. The fourth-order valence-electron chi connectivity index (χ4n) is 2.04. The second-order valence-corrected chi connectivity index (χ2v) is 4.73. The van der Waals surface area contributed by atoms with Gasteiger partial charge in [0.25, 0.3) is 5.91 Å². The molecule has 0 bridgehead atoms. The minimum absolute atomic E-state index is 0.276. The molecule has 0 unspecified atom stereocenters. The number of benzene rings is 2. The fourth-order valence-corrected chi connectivity index (χ4v) is 2.04. The molecular formula is C17H19NO4.